The van der Waals surface area contributed by atoms with Gasteiger partial charge in [0, 0.05) is 22.4 Å². The van der Waals surface area contributed by atoms with Crippen LogP contribution in [0.1, 0.15) is 41.0 Å². The predicted molar refractivity (Wildman–Crippen MR) is 199 cm³/mol. The summed E-state index contributed by atoms with van der Waals surface area (Å²) in [6.07, 6.45) is 0. The second kappa shape index (κ2) is 11.3. The summed E-state index contributed by atoms with van der Waals surface area (Å²) in [7, 11) is 0. The van der Waals surface area contributed by atoms with Gasteiger partial charge in [-0.15, -0.1) is 0 Å². The van der Waals surface area contributed by atoms with E-state index in [0.717, 1.165) is 5.69 Å². The molecule has 1 aromatic heterocycles. The number of nitrogens with zero attached hydrogens (tertiary/aromatic N) is 2. The number of aromatic nitrogens is 1. The molecule has 2 nitrogen and oxygen atoms in total. The normalized spacial score (nSPS) is 15.2. The van der Waals surface area contributed by atoms with Crippen molar-refractivity contribution in [2.75, 3.05) is 0 Å². The predicted octanol–water partition coefficient (Wildman–Crippen LogP) is 11.9. The van der Waals surface area contributed by atoms with Crippen LogP contribution in [0, 0.1) is 11.3 Å². The fraction of sp³-hybridized carbons (Fsp3) is 0.0652. The van der Waals surface area contributed by atoms with Crippen molar-refractivity contribution in [3.8, 4) is 45.1 Å². The van der Waals surface area contributed by atoms with Crippen molar-refractivity contribution < 1.29 is 0 Å². The van der Waals surface area contributed by atoms with Gasteiger partial charge in [0.2, 0.25) is 0 Å². The van der Waals surface area contributed by atoms with Crippen LogP contribution in [0.4, 0.5) is 0 Å². The van der Waals surface area contributed by atoms with Crippen LogP contribution in [0.3, 0.4) is 0 Å². The minimum absolute atomic E-state index is 0.190. The summed E-state index contributed by atoms with van der Waals surface area (Å²) in [5.74, 6) is 0.459. The molecular weight excluding hydrogens is 581 g/mol. The molecule has 7 aromatic carbocycles. The Morgan fingerprint density at radius 3 is 2.10 bits per heavy atom. The van der Waals surface area contributed by atoms with E-state index in [1.807, 2.05) is 12.1 Å². The van der Waals surface area contributed by atoms with Gasteiger partial charge in [0.1, 0.15) is 0 Å². The molecule has 226 valence electrons. The molecule has 0 saturated heterocycles. The average molecular weight is 613 g/mol. The third-order valence-electron chi connectivity index (χ3n) is 10.2. The van der Waals surface area contributed by atoms with E-state index in [2.05, 4.69) is 169 Å². The van der Waals surface area contributed by atoms with E-state index in [4.69, 9.17) is 0 Å². The van der Waals surface area contributed by atoms with Gasteiger partial charge >= 0.3 is 0 Å². The van der Waals surface area contributed by atoms with Gasteiger partial charge in [0.15, 0.2) is 0 Å². The third kappa shape index (κ3) is 4.48. The maximum Gasteiger partial charge on any atom is 0.0991 e. The van der Waals surface area contributed by atoms with Gasteiger partial charge in [-0.2, -0.15) is 5.26 Å². The first kappa shape index (κ1) is 28.1. The lowest BCUT2D eigenvalue weighted by atomic mass is 9.69. The molecule has 0 N–H and O–H groups in total. The Balaban J connectivity index is 1.17. The first-order chi connectivity index (χ1) is 23.7. The molecule has 1 heterocycles. The van der Waals surface area contributed by atoms with Gasteiger partial charge < -0.3 is 4.57 Å². The molecule has 0 bridgehead atoms. The maximum absolute atomic E-state index is 9.60. The molecule has 2 heteroatoms. The van der Waals surface area contributed by atoms with E-state index in [0.29, 0.717) is 5.56 Å². The van der Waals surface area contributed by atoms with Crippen LogP contribution in [0.25, 0.3) is 60.9 Å². The van der Waals surface area contributed by atoms with Crippen LogP contribution in [0.2, 0.25) is 0 Å². The van der Waals surface area contributed by atoms with Crippen LogP contribution >= 0.6 is 0 Å². The van der Waals surface area contributed by atoms with Gasteiger partial charge in [0.05, 0.1) is 22.7 Å². The third-order valence-corrected chi connectivity index (χ3v) is 10.2. The molecule has 1 aliphatic rings. The van der Waals surface area contributed by atoms with Crippen molar-refractivity contribution >= 4 is 21.8 Å². The van der Waals surface area contributed by atoms with Crippen molar-refractivity contribution in [1.29, 1.82) is 5.26 Å². The van der Waals surface area contributed by atoms with Gasteiger partial charge in [-0.1, -0.05) is 122 Å². The Labute approximate surface area is 280 Å². The number of benzene rings is 7. The van der Waals surface area contributed by atoms with Gasteiger partial charge in [-0.3, -0.25) is 0 Å². The second-order valence-corrected chi connectivity index (χ2v) is 12.9. The number of nitriles is 1. The van der Waals surface area contributed by atoms with Crippen LogP contribution in [-0.2, 0) is 0 Å². The van der Waals surface area contributed by atoms with Crippen LogP contribution < -0.4 is 0 Å². The summed E-state index contributed by atoms with van der Waals surface area (Å²) in [4.78, 5) is 0. The SMILES string of the molecule is CC1c2ccc(-c3ccc4c(c3)c3ccccc3n4-c3cccc(-c4ccccc4)c3)cc2-c2ccccc2C1c1cccc(C#N)c1. The van der Waals surface area contributed by atoms with E-state index >= 15 is 0 Å². The van der Waals surface area contributed by atoms with Crippen LogP contribution in [-0.4, -0.2) is 4.57 Å². The van der Waals surface area contributed by atoms with Crippen molar-refractivity contribution in [1.82, 2.24) is 4.57 Å². The molecule has 8 aromatic rings. The van der Waals surface area contributed by atoms with Crippen molar-refractivity contribution in [3.63, 3.8) is 0 Å². The molecule has 2 unspecified atom stereocenters. The number of hydrogen-bond acceptors (Lipinski definition) is 1. The molecular formula is C46H32N2. The smallest absolute Gasteiger partial charge is 0.0991 e. The van der Waals surface area contributed by atoms with E-state index in [1.54, 1.807) is 0 Å². The zero-order chi connectivity index (χ0) is 32.2. The zero-order valence-electron chi connectivity index (χ0n) is 26.6. The molecule has 9 rings (SSSR count). The largest absolute Gasteiger partial charge is 0.309 e. The number of rotatable bonds is 4. The molecule has 2 atom stereocenters. The summed E-state index contributed by atoms with van der Waals surface area (Å²) in [6.45, 7) is 2.33. The zero-order valence-corrected chi connectivity index (χ0v) is 26.6. The summed E-state index contributed by atoms with van der Waals surface area (Å²) in [6, 6.07) is 61.3. The standard InChI is InChI=1S/C46H32N2/c1-30-38-23-21-34(27-42(38)39-17-5-6-19-41(39)46(30)36-15-9-11-31(25-36)29-47)35-22-24-45-43(28-35)40-18-7-8-20-44(40)48(45)37-16-10-14-33(26-37)32-12-3-2-4-13-32/h2-28,30,46H,1H3. The Morgan fingerprint density at radius 1 is 0.500 bits per heavy atom. The van der Waals surface area contributed by atoms with Crippen molar-refractivity contribution in [2.24, 2.45) is 0 Å². The Hall–Kier alpha value is -6.17. The number of hydrogen-bond donors (Lipinski definition) is 0. The van der Waals surface area contributed by atoms with Crippen LogP contribution in [0.5, 0.6) is 0 Å². The highest BCUT2D eigenvalue weighted by Gasteiger charge is 2.32. The first-order valence-corrected chi connectivity index (χ1v) is 16.6. The van der Waals surface area contributed by atoms with Crippen molar-refractivity contribution in [2.45, 2.75) is 18.8 Å². The molecule has 0 radical (unpaired) electrons. The lowest BCUT2D eigenvalue weighted by molar-refractivity contribution is 0.649. The Morgan fingerprint density at radius 2 is 1.21 bits per heavy atom. The quantitative estimate of drug-likeness (QED) is 0.194. The molecule has 0 spiro atoms. The first-order valence-electron chi connectivity index (χ1n) is 16.6. The minimum atomic E-state index is 0.190. The van der Waals surface area contributed by atoms with E-state index in [9.17, 15) is 5.26 Å². The van der Waals surface area contributed by atoms with Gasteiger partial charge in [-0.05, 0) is 105 Å². The second-order valence-electron chi connectivity index (χ2n) is 12.9. The highest BCUT2D eigenvalue weighted by molar-refractivity contribution is 6.10. The lowest BCUT2D eigenvalue weighted by Gasteiger charge is -2.34. The summed E-state index contributed by atoms with van der Waals surface area (Å²) < 4.78 is 2.40. The number of para-hydroxylation sites is 1. The highest BCUT2D eigenvalue weighted by atomic mass is 15.0. The molecule has 48 heavy (non-hydrogen) atoms. The monoisotopic (exact) mass is 612 g/mol. The highest BCUT2D eigenvalue weighted by Crippen LogP contribution is 2.50. The summed E-state index contributed by atoms with van der Waals surface area (Å²) in [5.41, 5.74) is 15.5. The summed E-state index contributed by atoms with van der Waals surface area (Å²) >= 11 is 0. The Bertz CT molecular complexity index is 2550. The maximum atomic E-state index is 9.60. The fourth-order valence-electron chi connectivity index (χ4n) is 7.98. The molecule has 0 amide bonds. The Kier molecular flexibility index (Phi) is 6.59. The average Bonchev–Trinajstić information content (AvgIpc) is 3.49. The molecule has 0 saturated carbocycles. The lowest BCUT2D eigenvalue weighted by Crippen LogP contribution is -2.17. The minimum Gasteiger partial charge on any atom is -0.309 e. The van der Waals surface area contributed by atoms with E-state index in [1.165, 1.54) is 71.9 Å². The van der Waals surface area contributed by atoms with Gasteiger partial charge in [-0.25, -0.2) is 0 Å². The van der Waals surface area contributed by atoms with E-state index in [-0.39, 0.29) is 11.8 Å². The van der Waals surface area contributed by atoms with Gasteiger partial charge in [0.25, 0.3) is 0 Å². The molecule has 0 aliphatic heterocycles. The summed E-state index contributed by atoms with van der Waals surface area (Å²) in [5, 5.41) is 12.1. The van der Waals surface area contributed by atoms with Crippen LogP contribution in [0.15, 0.2) is 164 Å². The molecule has 1 aliphatic carbocycles. The van der Waals surface area contributed by atoms with E-state index < -0.39 is 0 Å². The number of fused-ring (bicyclic) bond motifs is 6. The molecule has 0 fully saturated rings. The fourth-order valence-corrected chi connectivity index (χ4v) is 7.98. The van der Waals surface area contributed by atoms with Crippen molar-refractivity contribution in [3.05, 3.63) is 186 Å². The topological polar surface area (TPSA) is 28.7 Å².